The van der Waals surface area contributed by atoms with Gasteiger partial charge in [-0.05, 0) is 0 Å². The molecule has 0 unspecified atom stereocenters. The zero-order valence-corrected chi connectivity index (χ0v) is 11.2. The van der Waals surface area contributed by atoms with Crippen LogP contribution in [0.4, 0.5) is 0 Å². The van der Waals surface area contributed by atoms with Gasteiger partial charge in [0, 0.05) is 33.3 Å². The van der Waals surface area contributed by atoms with E-state index in [1.165, 1.54) is 0 Å². The van der Waals surface area contributed by atoms with Gasteiger partial charge in [0.25, 0.3) is 10.2 Å². The van der Waals surface area contributed by atoms with Gasteiger partial charge in [0.1, 0.15) is 6.61 Å². The lowest BCUT2D eigenvalue weighted by atomic mass is 10.3. The zero-order valence-electron chi connectivity index (χ0n) is 10.4. The molecule has 0 atom stereocenters. The van der Waals surface area contributed by atoms with Crippen LogP contribution in [0.15, 0.2) is 0 Å². The Morgan fingerprint density at radius 1 is 1.22 bits per heavy atom. The second kappa shape index (κ2) is 7.00. The first-order valence-corrected chi connectivity index (χ1v) is 7.08. The van der Waals surface area contributed by atoms with Crippen LogP contribution in [0.3, 0.4) is 0 Å². The third-order valence-electron chi connectivity index (χ3n) is 2.61. The summed E-state index contributed by atoms with van der Waals surface area (Å²) in [7, 11) is -2.10. The van der Waals surface area contributed by atoms with Crippen molar-refractivity contribution in [1.82, 2.24) is 9.21 Å². The maximum Gasteiger partial charge on any atom is 0.277 e. The van der Waals surface area contributed by atoms with Crippen LogP contribution >= 0.6 is 0 Å². The number of piperazine rings is 1. The fraction of sp³-hybridized carbons (Fsp3) is 0.889. The maximum atomic E-state index is 11.7. The predicted molar refractivity (Wildman–Crippen MR) is 64.0 cm³/mol. The molecule has 8 nitrogen and oxygen atoms in total. The lowest BCUT2D eigenvalue weighted by Gasteiger charge is -2.32. The van der Waals surface area contributed by atoms with Crippen LogP contribution in [0.25, 0.3) is 0 Å². The van der Waals surface area contributed by atoms with Gasteiger partial charge in [-0.25, -0.2) is 5.14 Å². The third-order valence-corrected chi connectivity index (χ3v) is 3.69. The summed E-state index contributed by atoms with van der Waals surface area (Å²) in [6.07, 6.45) is 0. The van der Waals surface area contributed by atoms with E-state index in [0.29, 0.717) is 26.3 Å². The first kappa shape index (κ1) is 15.3. The zero-order chi connectivity index (χ0) is 13.6. The van der Waals surface area contributed by atoms with Crippen molar-refractivity contribution >= 4 is 16.1 Å². The van der Waals surface area contributed by atoms with Crippen LogP contribution in [0.5, 0.6) is 0 Å². The van der Waals surface area contributed by atoms with E-state index in [0.717, 1.165) is 4.31 Å². The summed E-state index contributed by atoms with van der Waals surface area (Å²) in [5.74, 6) is -0.153. The van der Waals surface area contributed by atoms with Crippen LogP contribution in [0, 0.1) is 0 Å². The quantitative estimate of drug-likeness (QED) is 0.567. The molecule has 1 rings (SSSR count). The summed E-state index contributed by atoms with van der Waals surface area (Å²) in [5, 5.41) is 5.00. The number of nitrogens with two attached hydrogens (primary N) is 1. The molecule has 0 bridgehead atoms. The summed E-state index contributed by atoms with van der Waals surface area (Å²) in [5.41, 5.74) is 0. The number of ether oxygens (including phenoxy) is 2. The van der Waals surface area contributed by atoms with Gasteiger partial charge in [-0.15, -0.1) is 0 Å². The Kier molecular flexibility index (Phi) is 5.96. The predicted octanol–water partition coefficient (Wildman–Crippen LogP) is -2.00. The molecule has 0 aliphatic carbocycles. The molecule has 1 amide bonds. The number of hydrogen-bond acceptors (Lipinski definition) is 5. The molecule has 1 saturated heterocycles. The van der Waals surface area contributed by atoms with E-state index in [4.69, 9.17) is 14.6 Å². The average molecular weight is 281 g/mol. The highest BCUT2D eigenvalue weighted by molar-refractivity contribution is 7.86. The highest BCUT2D eigenvalue weighted by atomic mass is 32.2. The second-order valence-electron chi connectivity index (χ2n) is 3.87. The highest BCUT2D eigenvalue weighted by Gasteiger charge is 2.26. The summed E-state index contributed by atoms with van der Waals surface area (Å²) >= 11 is 0. The number of carbonyl (C=O) groups is 1. The average Bonchev–Trinajstić information content (AvgIpc) is 2.33. The Morgan fingerprint density at radius 2 is 1.83 bits per heavy atom. The smallest absolute Gasteiger partial charge is 0.277 e. The molecule has 0 aromatic carbocycles. The fourth-order valence-electron chi connectivity index (χ4n) is 1.59. The monoisotopic (exact) mass is 281 g/mol. The second-order valence-corrected chi connectivity index (χ2v) is 5.42. The largest absolute Gasteiger partial charge is 0.382 e. The van der Waals surface area contributed by atoms with Crippen molar-refractivity contribution in [3.63, 3.8) is 0 Å². The van der Waals surface area contributed by atoms with Crippen molar-refractivity contribution in [2.45, 2.75) is 0 Å². The molecular weight excluding hydrogens is 262 g/mol. The van der Waals surface area contributed by atoms with Crippen molar-refractivity contribution in [3.8, 4) is 0 Å². The first-order chi connectivity index (χ1) is 8.45. The molecule has 0 aromatic rings. The van der Waals surface area contributed by atoms with Gasteiger partial charge in [0.15, 0.2) is 0 Å². The number of hydrogen-bond donors (Lipinski definition) is 1. The minimum atomic E-state index is -3.65. The Hall–Kier alpha value is -0.740. The van der Waals surface area contributed by atoms with Gasteiger partial charge in [-0.2, -0.15) is 12.7 Å². The SMILES string of the molecule is COCCOCC(=O)N1CCN(S(N)(=O)=O)CC1. The molecule has 1 aliphatic rings. The van der Waals surface area contributed by atoms with Crippen molar-refractivity contribution in [2.75, 3.05) is 53.1 Å². The van der Waals surface area contributed by atoms with Crippen LogP contribution in [0.1, 0.15) is 0 Å². The van der Waals surface area contributed by atoms with E-state index >= 15 is 0 Å². The molecule has 18 heavy (non-hydrogen) atoms. The van der Waals surface area contributed by atoms with E-state index < -0.39 is 10.2 Å². The molecule has 9 heteroatoms. The van der Waals surface area contributed by atoms with Gasteiger partial charge in [-0.3, -0.25) is 4.79 Å². The van der Waals surface area contributed by atoms with Gasteiger partial charge in [0.05, 0.1) is 13.2 Å². The molecule has 0 aromatic heterocycles. The molecule has 0 spiro atoms. The van der Waals surface area contributed by atoms with Crippen LogP contribution in [0.2, 0.25) is 0 Å². The molecule has 0 saturated carbocycles. The normalized spacial score (nSPS) is 18.0. The van der Waals surface area contributed by atoms with Crippen LogP contribution < -0.4 is 5.14 Å². The van der Waals surface area contributed by atoms with Gasteiger partial charge in [-0.1, -0.05) is 0 Å². The molecule has 2 N–H and O–H groups in total. The lowest BCUT2D eigenvalue weighted by molar-refractivity contribution is -0.137. The van der Waals surface area contributed by atoms with Crippen molar-refractivity contribution in [2.24, 2.45) is 5.14 Å². The summed E-state index contributed by atoms with van der Waals surface area (Å²) in [6.45, 7) is 1.90. The molecule has 1 aliphatic heterocycles. The van der Waals surface area contributed by atoms with E-state index in [1.54, 1.807) is 12.0 Å². The Bertz CT molecular complexity index is 364. The van der Waals surface area contributed by atoms with Crippen molar-refractivity contribution in [3.05, 3.63) is 0 Å². The Balaban J connectivity index is 2.28. The number of carbonyl (C=O) groups excluding carboxylic acids is 1. The summed E-state index contributed by atoms with van der Waals surface area (Å²) in [4.78, 5) is 13.2. The highest BCUT2D eigenvalue weighted by Crippen LogP contribution is 2.04. The Morgan fingerprint density at radius 3 is 2.33 bits per heavy atom. The van der Waals surface area contributed by atoms with E-state index in [1.807, 2.05) is 0 Å². The molecule has 106 valence electrons. The standard InChI is InChI=1S/C9H19N3O5S/c1-16-6-7-17-8-9(13)11-2-4-12(5-3-11)18(10,14)15/h2-8H2,1H3,(H2,10,14,15). The number of rotatable bonds is 6. The molecular formula is C9H19N3O5S. The van der Waals surface area contributed by atoms with E-state index in [-0.39, 0.29) is 25.6 Å². The Labute approximate surface area is 107 Å². The van der Waals surface area contributed by atoms with E-state index in [9.17, 15) is 13.2 Å². The minimum Gasteiger partial charge on any atom is -0.382 e. The molecule has 1 fully saturated rings. The molecule has 0 radical (unpaired) electrons. The topological polar surface area (TPSA) is 102 Å². The van der Waals surface area contributed by atoms with E-state index in [2.05, 4.69) is 0 Å². The number of amides is 1. The first-order valence-electron chi connectivity index (χ1n) is 5.57. The molecule has 1 heterocycles. The van der Waals surface area contributed by atoms with Crippen molar-refractivity contribution < 1.29 is 22.7 Å². The number of nitrogens with zero attached hydrogens (tertiary/aromatic N) is 2. The van der Waals surface area contributed by atoms with Crippen LogP contribution in [-0.2, 0) is 24.5 Å². The minimum absolute atomic E-state index is 0.0151. The third kappa shape index (κ3) is 4.86. The summed E-state index contributed by atoms with van der Waals surface area (Å²) < 4.78 is 33.2. The van der Waals surface area contributed by atoms with Gasteiger partial charge in [0.2, 0.25) is 5.91 Å². The number of methoxy groups -OCH3 is 1. The maximum absolute atomic E-state index is 11.7. The lowest BCUT2D eigenvalue weighted by Crippen LogP contribution is -2.52. The van der Waals surface area contributed by atoms with Gasteiger partial charge >= 0.3 is 0 Å². The fourth-order valence-corrected chi connectivity index (χ4v) is 2.26. The van der Waals surface area contributed by atoms with Crippen molar-refractivity contribution in [1.29, 1.82) is 0 Å². The van der Waals surface area contributed by atoms with Gasteiger partial charge < -0.3 is 14.4 Å². The summed E-state index contributed by atoms with van der Waals surface area (Å²) in [6, 6.07) is 0. The van der Waals surface area contributed by atoms with Crippen LogP contribution in [-0.4, -0.2) is 76.6 Å².